The molecule has 0 bridgehead atoms. The normalized spacial score (nSPS) is 21.8. The Hall–Kier alpha value is -1.30. The Kier molecular flexibility index (Phi) is 8.52. The van der Waals surface area contributed by atoms with Crippen LogP contribution in [-0.4, -0.2) is 50.7 Å². The van der Waals surface area contributed by atoms with Gasteiger partial charge in [0, 0.05) is 6.04 Å². The van der Waals surface area contributed by atoms with E-state index in [1.54, 1.807) is 14.2 Å². The first-order valence-corrected chi connectivity index (χ1v) is 9.38. The highest BCUT2D eigenvalue weighted by Gasteiger charge is 2.25. The van der Waals surface area contributed by atoms with Crippen LogP contribution in [0.2, 0.25) is 0 Å². The zero-order chi connectivity index (χ0) is 18.1. The molecule has 2 N–H and O–H groups in total. The second kappa shape index (κ2) is 10.6. The van der Waals surface area contributed by atoms with Crippen LogP contribution >= 0.6 is 0 Å². The fraction of sp³-hybridized carbons (Fsp3) is 0.700. The molecule has 2 unspecified atom stereocenters. The SMILES string of the molecule is COc1ccc(CCOC2CCCCC2NCC[C@@H](C)O)cc1OC. The van der Waals surface area contributed by atoms with Crippen molar-refractivity contribution in [3.63, 3.8) is 0 Å². The first kappa shape index (κ1) is 20.0. The summed E-state index contributed by atoms with van der Waals surface area (Å²) in [6, 6.07) is 6.42. The van der Waals surface area contributed by atoms with Crippen LogP contribution in [0.5, 0.6) is 11.5 Å². The van der Waals surface area contributed by atoms with Crippen molar-refractivity contribution in [2.45, 2.75) is 63.7 Å². The first-order valence-electron chi connectivity index (χ1n) is 9.38. The summed E-state index contributed by atoms with van der Waals surface area (Å²) in [5.74, 6) is 1.51. The van der Waals surface area contributed by atoms with Crippen molar-refractivity contribution in [3.05, 3.63) is 23.8 Å². The number of ether oxygens (including phenoxy) is 3. The molecule has 1 aliphatic rings. The molecule has 3 atom stereocenters. The minimum absolute atomic E-state index is 0.250. The average Bonchev–Trinajstić information content (AvgIpc) is 2.62. The minimum atomic E-state index is -0.250. The van der Waals surface area contributed by atoms with Gasteiger partial charge in [0.2, 0.25) is 0 Å². The Morgan fingerprint density at radius 1 is 1.16 bits per heavy atom. The van der Waals surface area contributed by atoms with Gasteiger partial charge in [-0.3, -0.25) is 0 Å². The second-order valence-corrected chi connectivity index (χ2v) is 6.83. The molecule has 0 heterocycles. The molecule has 1 fully saturated rings. The van der Waals surface area contributed by atoms with Crippen molar-refractivity contribution in [1.29, 1.82) is 0 Å². The van der Waals surface area contributed by atoms with E-state index in [9.17, 15) is 5.11 Å². The maximum atomic E-state index is 9.40. The molecular formula is C20H33NO4. The lowest BCUT2D eigenvalue weighted by molar-refractivity contribution is 0.00599. The molecule has 0 amide bonds. The Morgan fingerprint density at radius 2 is 1.92 bits per heavy atom. The highest BCUT2D eigenvalue weighted by atomic mass is 16.5. The van der Waals surface area contributed by atoms with Crippen LogP contribution in [0, 0.1) is 0 Å². The summed E-state index contributed by atoms with van der Waals surface area (Å²) in [6.45, 7) is 3.38. The summed E-state index contributed by atoms with van der Waals surface area (Å²) < 4.78 is 16.8. The maximum absolute atomic E-state index is 9.40. The Bertz CT molecular complexity index is 506. The van der Waals surface area contributed by atoms with E-state index in [-0.39, 0.29) is 12.2 Å². The van der Waals surface area contributed by atoms with Crippen LogP contribution in [0.15, 0.2) is 18.2 Å². The van der Waals surface area contributed by atoms with Gasteiger partial charge in [0.25, 0.3) is 0 Å². The lowest BCUT2D eigenvalue weighted by Gasteiger charge is -2.32. The molecule has 1 aliphatic carbocycles. The molecule has 25 heavy (non-hydrogen) atoms. The van der Waals surface area contributed by atoms with Crippen LogP contribution in [0.3, 0.4) is 0 Å². The highest BCUT2D eigenvalue weighted by Crippen LogP contribution is 2.28. The molecule has 0 radical (unpaired) electrons. The first-order chi connectivity index (χ1) is 12.1. The summed E-state index contributed by atoms with van der Waals surface area (Å²) in [4.78, 5) is 0. The Labute approximate surface area is 151 Å². The van der Waals surface area contributed by atoms with Crippen LogP contribution in [0.25, 0.3) is 0 Å². The third kappa shape index (κ3) is 6.49. The van der Waals surface area contributed by atoms with E-state index in [4.69, 9.17) is 14.2 Å². The second-order valence-electron chi connectivity index (χ2n) is 6.83. The number of methoxy groups -OCH3 is 2. The zero-order valence-electron chi connectivity index (χ0n) is 15.8. The van der Waals surface area contributed by atoms with Gasteiger partial charge in [0.15, 0.2) is 11.5 Å². The van der Waals surface area contributed by atoms with E-state index in [1.165, 1.54) is 18.4 Å². The van der Waals surface area contributed by atoms with Crippen LogP contribution in [0.4, 0.5) is 0 Å². The third-order valence-electron chi connectivity index (χ3n) is 4.84. The van der Waals surface area contributed by atoms with E-state index in [1.807, 2.05) is 19.1 Å². The van der Waals surface area contributed by atoms with Crippen molar-refractivity contribution in [2.75, 3.05) is 27.4 Å². The number of aliphatic hydroxyl groups excluding tert-OH is 1. The van der Waals surface area contributed by atoms with Crippen molar-refractivity contribution < 1.29 is 19.3 Å². The number of hydrogen-bond donors (Lipinski definition) is 2. The molecular weight excluding hydrogens is 318 g/mol. The topological polar surface area (TPSA) is 60.0 Å². The predicted octanol–water partition coefficient (Wildman–Crippen LogP) is 2.93. The summed E-state index contributed by atoms with van der Waals surface area (Å²) in [5.41, 5.74) is 1.19. The molecule has 142 valence electrons. The van der Waals surface area contributed by atoms with Gasteiger partial charge >= 0.3 is 0 Å². The smallest absolute Gasteiger partial charge is 0.160 e. The molecule has 1 aromatic carbocycles. The van der Waals surface area contributed by atoms with Crippen LogP contribution < -0.4 is 14.8 Å². The summed E-state index contributed by atoms with van der Waals surface area (Å²) in [5, 5.41) is 13.0. The van der Waals surface area contributed by atoms with Gasteiger partial charge in [0.05, 0.1) is 33.0 Å². The fourth-order valence-electron chi connectivity index (χ4n) is 3.37. The fourth-order valence-corrected chi connectivity index (χ4v) is 3.37. The van der Waals surface area contributed by atoms with Crippen molar-refractivity contribution >= 4 is 0 Å². The van der Waals surface area contributed by atoms with Gasteiger partial charge in [-0.15, -0.1) is 0 Å². The molecule has 2 rings (SSSR count). The molecule has 1 saturated carbocycles. The molecule has 0 saturated heterocycles. The Morgan fingerprint density at radius 3 is 2.64 bits per heavy atom. The van der Waals surface area contributed by atoms with Gasteiger partial charge in [-0.1, -0.05) is 18.9 Å². The largest absolute Gasteiger partial charge is 0.493 e. The van der Waals surface area contributed by atoms with E-state index in [0.29, 0.717) is 12.6 Å². The van der Waals surface area contributed by atoms with Gasteiger partial charge in [-0.05, 0) is 56.8 Å². The van der Waals surface area contributed by atoms with Crippen LogP contribution in [-0.2, 0) is 11.2 Å². The summed E-state index contributed by atoms with van der Waals surface area (Å²) in [6.07, 6.45) is 6.41. The quantitative estimate of drug-likeness (QED) is 0.679. The monoisotopic (exact) mass is 351 g/mol. The molecule has 5 nitrogen and oxygen atoms in total. The number of nitrogens with one attached hydrogen (secondary N) is 1. The van der Waals surface area contributed by atoms with E-state index in [2.05, 4.69) is 11.4 Å². The molecule has 1 aromatic rings. The number of hydrogen-bond acceptors (Lipinski definition) is 5. The van der Waals surface area contributed by atoms with Gasteiger partial charge in [-0.25, -0.2) is 0 Å². The third-order valence-corrected chi connectivity index (χ3v) is 4.84. The summed E-state index contributed by atoms with van der Waals surface area (Å²) in [7, 11) is 3.30. The minimum Gasteiger partial charge on any atom is -0.493 e. The lowest BCUT2D eigenvalue weighted by atomic mass is 9.92. The standard InChI is InChI=1S/C20H33NO4/c1-15(22)10-12-21-17-6-4-5-7-18(17)25-13-11-16-8-9-19(23-2)20(14-16)24-3/h8-9,14-15,17-18,21-22H,4-7,10-13H2,1-3H3/t15-,17?,18?/m1/s1. The lowest BCUT2D eigenvalue weighted by Crippen LogP contribution is -2.44. The van der Waals surface area contributed by atoms with Gasteiger partial charge < -0.3 is 24.6 Å². The van der Waals surface area contributed by atoms with Gasteiger partial charge in [0.1, 0.15) is 0 Å². The van der Waals surface area contributed by atoms with E-state index >= 15 is 0 Å². The van der Waals surface area contributed by atoms with Gasteiger partial charge in [-0.2, -0.15) is 0 Å². The molecule has 0 aliphatic heterocycles. The molecule has 5 heteroatoms. The van der Waals surface area contributed by atoms with Crippen molar-refractivity contribution in [3.8, 4) is 11.5 Å². The van der Waals surface area contributed by atoms with E-state index < -0.39 is 0 Å². The molecule has 0 aromatic heterocycles. The highest BCUT2D eigenvalue weighted by molar-refractivity contribution is 5.42. The molecule has 0 spiro atoms. The number of rotatable bonds is 10. The number of benzene rings is 1. The average molecular weight is 351 g/mol. The van der Waals surface area contributed by atoms with Crippen molar-refractivity contribution in [2.24, 2.45) is 0 Å². The predicted molar refractivity (Wildman–Crippen MR) is 99.5 cm³/mol. The maximum Gasteiger partial charge on any atom is 0.160 e. The van der Waals surface area contributed by atoms with Crippen LogP contribution in [0.1, 0.15) is 44.6 Å². The Balaban J connectivity index is 1.80. The zero-order valence-corrected chi connectivity index (χ0v) is 15.8. The summed E-state index contributed by atoms with van der Waals surface area (Å²) >= 11 is 0. The van der Waals surface area contributed by atoms with E-state index in [0.717, 1.165) is 43.7 Å². The number of aliphatic hydroxyl groups is 1. The van der Waals surface area contributed by atoms with Crippen molar-refractivity contribution in [1.82, 2.24) is 5.32 Å².